The molecule has 0 amide bonds. The first-order chi connectivity index (χ1) is 17.8. The Hall–Kier alpha value is -0.440. The van der Waals surface area contributed by atoms with Crippen LogP contribution in [0.4, 0.5) is 0 Å². The molecule has 2 aliphatic rings. The summed E-state index contributed by atoms with van der Waals surface area (Å²) in [5.41, 5.74) is 0. The smallest absolute Gasteiger partial charge is 0.189 e. The molecule has 0 aromatic rings. The lowest BCUT2D eigenvalue weighted by Gasteiger charge is -2.45. The third-order valence-electron chi connectivity index (χ3n) is 7.21. The number of hydrogen-bond acceptors (Lipinski definition) is 11. The van der Waals surface area contributed by atoms with Crippen molar-refractivity contribution in [2.24, 2.45) is 0 Å². The lowest BCUT2D eigenvalue weighted by molar-refractivity contribution is -0.372. The van der Waals surface area contributed by atoms with Gasteiger partial charge in [0.05, 0.1) is 0 Å². The van der Waals surface area contributed by atoms with Crippen LogP contribution in [0.3, 0.4) is 0 Å². The van der Waals surface area contributed by atoms with Gasteiger partial charge in [-0.1, -0.05) is 65.2 Å². The van der Waals surface area contributed by atoms with E-state index in [1.54, 1.807) is 0 Å². The zero-order valence-electron chi connectivity index (χ0n) is 22.6. The van der Waals surface area contributed by atoms with Crippen LogP contribution in [0.5, 0.6) is 0 Å². The molecule has 0 aromatic carbocycles. The van der Waals surface area contributed by atoms with Gasteiger partial charge in [0.15, 0.2) is 12.6 Å². The molecule has 1 unspecified atom stereocenters. The average Bonchev–Trinajstić information content (AvgIpc) is 2.89. The summed E-state index contributed by atoms with van der Waals surface area (Å²) in [4.78, 5) is 0. The van der Waals surface area contributed by atoms with Gasteiger partial charge >= 0.3 is 0 Å². The van der Waals surface area contributed by atoms with Gasteiger partial charge in [-0.05, 0) is 25.9 Å². The molecule has 11 nitrogen and oxygen atoms in total. The summed E-state index contributed by atoms with van der Waals surface area (Å²) in [6.45, 7) is 6.24. The van der Waals surface area contributed by atoms with E-state index < -0.39 is 61.4 Å². The summed E-state index contributed by atoms with van der Waals surface area (Å²) in [6, 6.07) is 0. The number of unbranched alkanes of at least 4 members (excludes halogenated alkanes) is 8. The normalized spacial score (nSPS) is 36.6. The molecule has 0 saturated carbocycles. The Kier molecular flexibility index (Phi) is 16.0. The van der Waals surface area contributed by atoms with E-state index >= 15 is 0 Å². The topological polar surface area (TPSA) is 173 Å². The van der Waals surface area contributed by atoms with E-state index in [0.29, 0.717) is 0 Å². The van der Waals surface area contributed by atoms with Crippen molar-refractivity contribution >= 4 is 0 Å². The van der Waals surface area contributed by atoms with E-state index in [4.69, 9.17) is 14.2 Å². The van der Waals surface area contributed by atoms with Crippen molar-refractivity contribution in [3.8, 4) is 0 Å². The highest BCUT2D eigenvalue weighted by atomic mass is 16.8. The van der Waals surface area contributed by atoms with Crippen molar-refractivity contribution in [3.63, 3.8) is 0 Å². The SMILES string of the molecule is CCCCCCCNC[C@H]1O[C@H](OC2O[C@H](CNCCCCCCC)[C@@H](O)[C@H](O)[C@H]2O)[C@H](O)[C@@H](O)[C@@H]1O. The zero-order valence-corrected chi connectivity index (χ0v) is 22.6. The Labute approximate surface area is 221 Å². The third kappa shape index (κ3) is 10.6. The predicted octanol–water partition coefficient (Wildman–Crippen LogP) is -0.262. The first-order valence-corrected chi connectivity index (χ1v) is 14.3. The summed E-state index contributed by atoms with van der Waals surface area (Å²) in [6.07, 6.45) is -2.24. The molecular weight excluding hydrogens is 484 g/mol. The molecule has 0 aromatic heterocycles. The largest absolute Gasteiger partial charge is 0.388 e. The minimum atomic E-state index is -1.60. The number of aliphatic hydroxyl groups is 6. The number of ether oxygens (including phenoxy) is 3. The molecule has 10 atom stereocenters. The Morgan fingerprint density at radius 1 is 0.514 bits per heavy atom. The number of nitrogens with one attached hydrogen (secondary N) is 2. The van der Waals surface area contributed by atoms with Gasteiger partial charge < -0.3 is 55.5 Å². The fourth-order valence-corrected chi connectivity index (χ4v) is 4.72. The van der Waals surface area contributed by atoms with E-state index in [2.05, 4.69) is 24.5 Å². The van der Waals surface area contributed by atoms with Crippen LogP contribution in [0.25, 0.3) is 0 Å². The van der Waals surface area contributed by atoms with Gasteiger partial charge in [-0.2, -0.15) is 0 Å². The molecule has 0 radical (unpaired) electrons. The predicted molar refractivity (Wildman–Crippen MR) is 138 cm³/mol. The van der Waals surface area contributed by atoms with Gasteiger partial charge in [-0.3, -0.25) is 0 Å². The molecule has 0 aliphatic carbocycles. The summed E-state index contributed by atoms with van der Waals surface area (Å²) < 4.78 is 17.1. The molecule has 220 valence electrons. The quantitative estimate of drug-likeness (QED) is 0.108. The van der Waals surface area contributed by atoms with Gasteiger partial charge in [0.2, 0.25) is 0 Å². The molecule has 2 heterocycles. The highest BCUT2D eigenvalue weighted by Gasteiger charge is 2.49. The number of rotatable bonds is 18. The molecule has 11 heteroatoms. The van der Waals surface area contributed by atoms with Crippen LogP contribution in [-0.4, -0.2) is 118 Å². The second-order valence-corrected chi connectivity index (χ2v) is 10.4. The fourth-order valence-electron chi connectivity index (χ4n) is 4.72. The highest BCUT2D eigenvalue weighted by molar-refractivity contribution is 4.93. The fraction of sp³-hybridized carbons (Fsp3) is 1.00. The molecule has 2 rings (SSSR count). The van der Waals surface area contributed by atoms with Crippen molar-refractivity contribution in [2.45, 2.75) is 139 Å². The van der Waals surface area contributed by atoms with E-state index in [1.807, 2.05) is 0 Å². The average molecular weight is 537 g/mol. The Bertz CT molecular complexity index is 542. The van der Waals surface area contributed by atoms with Gasteiger partial charge in [0.25, 0.3) is 0 Å². The first kappa shape index (κ1) is 32.8. The summed E-state index contributed by atoms with van der Waals surface area (Å²) >= 11 is 0. The molecule has 0 spiro atoms. The Morgan fingerprint density at radius 3 is 1.27 bits per heavy atom. The number of hydrogen-bond donors (Lipinski definition) is 8. The van der Waals surface area contributed by atoms with Crippen LogP contribution >= 0.6 is 0 Å². The van der Waals surface area contributed by atoms with Crippen molar-refractivity contribution in [3.05, 3.63) is 0 Å². The van der Waals surface area contributed by atoms with Crippen molar-refractivity contribution in [1.29, 1.82) is 0 Å². The summed E-state index contributed by atoms with van der Waals surface area (Å²) in [5, 5.41) is 68.7. The molecule has 2 aliphatic heterocycles. The van der Waals surface area contributed by atoms with Gasteiger partial charge in [0.1, 0.15) is 48.8 Å². The molecular formula is C26H52N2O9. The maximum absolute atomic E-state index is 10.4. The lowest BCUT2D eigenvalue weighted by Crippen LogP contribution is -2.64. The van der Waals surface area contributed by atoms with E-state index in [9.17, 15) is 30.6 Å². The van der Waals surface area contributed by atoms with E-state index in [1.165, 1.54) is 38.5 Å². The standard InChI is InChI=1S/C26H52N2O9/c1-3-5-7-9-11-13-27-15-17-19(29)21(31)23(33)25(35-17)37-26-24(34)22(32)20(30)18(36-26)16-28-14-12-10-8-6-4-2/h17-34H,3-16H2,1-2H3/t17-,18-,19-,20-,21+,22+,23-,24-,25-,26?/m1/s1. The molecule has 2 saturated heterocycles. The van der Waals surface area contributed by atoms with Crippen LogP contribution in [0.15, 0.2) is 0 Å². The molecule has 37 heavy (non-hydrogen) atoms. The maximum atomic E-state index is 10.4. The van der Waals surface area contributed by atoms with Crippen LogP contribution in [0.1, 0.15) is 78.1 Å². The van der Waals surface area contributed by atoms with E-state index in [-0.39, 0.29) is 13.1 Å². The van der Waals surface area contributed by atoms with Crippen molar-refractivity contribution < 1.29 is 44.8 Å². The van der Waals surface area contributed by atoms with Gasteiger partial charge in [-0.25, -0.2) is 0 Å². The second kappa shape index (κ2) is 18.0. The van der Waals surface area contributed by atoms with E-state index in [0.717, 1.165) is 38.8 Å². The molecule has 2 fully saturated rings. The van der Waals surface area contributed by atoms with Gasteiger partial charge in [0, 0.05) is 13.1 Å². The van der Waals surface area contributed by atoms with Crippen molar-refractivity contribution in [1.82, 2.24) is 10.6 Å². The zero-order chi connectivity index (χ0) is 27.2. The minimum absolute atomic E-state index is 0.235. The Balaban J connectivity index is 1.85. The first-order valence-electron chi connectivity index (χ1n) is 14.3. The highest BCUT2D eigenvalue weighted by Crippen LogP contribution is 2.28. The second-order valence-electron chi connectivity index (χ2n) is 10.4. The molecule has 8 N–H and O–H groups in total. The van der Waals surface area contributed by atoms with Crippen LogP contribution in [0, 0.1) is 0 Å². The molecule has 0 bridgehead atoms. The van der Waals surface area contributed by atoms with Crippen LogP contribution in [-0.2, 0) is 14.2 Å². The Morgan fingerprint density at radius 2 is 0.892 bits per heavy atom. The van der Waals surface area contributed by atoms with Gasteiger partial charge in [-0.15, -0.1) is 0 Å². The lowest BCUT2D eigenvalue weighted by atomic mass is 9.97. The maximum Gasteiger partial charge on any atom is 0.189 e. The van der Waals surface area contributed by atoms with Crippen LogP contribution < -0.4 is 10.6 Å². The number of aliphatic hydroxyl groups excluding tert-OH is 6. The third-order valence-corrected chi connectivity index (χ3v) is 7.21. The minimum Gasteiger partial charge on any atom is -0.388 e. The van der Waals surface area contributed by atoms with Crippen molar-refractivity contribution in [2.75, 3.05) is 26.2 Å². The monoisotopic (exact) mass is 536 g/mol. The van der Waals surface area contributed by atoms with Crippen LogP contribution in [0.2, 0.25) is 0 Å². The summed E-state index contributed by atoms with van der Waals surface area (Å²) in [5.74, 6) is 0. The summed E-state index contributed by atoms with van der Waals surface area (Å²) in [7, 11) is 0.